The lowest BCUT2D eigenvalue weighted by Gasteiger charge is -2.27. The van der Waals surface area contributed by atoms with Crippen molar-refractivity contribution in [2.24, 2.45) is 10.4 Å². The first-order valence-corrected chi connectivity index (χ1v) is 8.09. The quantitative estimate of drug-likeness (QED) is 0.532. The maximum absolute atomic E-state index is 11.6. The van der Waals surface area contributed by atoms with Gasteiger partial charge in [0.15, 0.2) is 0 Å². The fourth-order valence-electron chi connectivity index (χ4n) is 3.33. The lowest BCUT2D eigenvalue weighted by atomic mass is 9.78. The fourth-order valence-corrected chi connectivity index (χ4v) is 3.33. The molecule has 4 nitrogen and oxygen atoms in total. The van der Waals surface area contributed by atoms with Crippen molar-refractivity contribution in [2.45, 2.75) is 79.1 Å². The van der Waals surface area contributed by atoms with Crippen LogP contribution in [0.5, 0.6) is 0 Å². The van der Waals surface area contributed by atoms with Crippen LogP contribution in [0.15, 0.2) is 10.4 Å². The first-order valence-electron chi connectivity index (χ1n) is 8.09. The van der Waals surface area contributed by atoms with Crippen molar-refractivity contribution in [2.75, 3.05) is 0 Å². The summed E-state index contributed by atoms with van der Waals surface area (Å²) < 4.78 is 0. The summed E-state index contributed by atoms with van der Waals surface area (Å²) in [5.74, 6) is 0.460. The number of benzene rings is 1. The van der Waals surface area contributed by atoms with E-state index >= 15 is 0 Å². The second-order valence-corrected chi connectivity index (χ2v) is 7.15. The molecular weight excluding hydrogens is 276 g/mol. The van der Waals surface area contributed by atoms with E-state index < -0.39 is 0 Å². The predicted molar refractivity (Wildman–Crippen MR) is 93.7 cm³/mol. The largest absolute Gasteiger partial charge is 0.145 e. The van der Waals surface area contributed by atoms with Crippen LogP contribution in [0.3, 0.4) is 0 Å². The number of nitroso groups, excluding NO2 is 2. The molecule has 0 aromatic heterocycles. The van der Waals surface area contributed by atoms with E-state index in [0.29, 0.717) is 11.4 Å². The van der Waals surface area contributed by atoms with Gasteiger partial charge in [0.1, 0.15) is 11.4 Å². The van der Waals surface area contributed by atoms with Gasteiger partial charge in [0.2, 0.25) is 0 Å². The lowest BCUT2D eigenvalue weighted by Crippen LogP contribution is -2.09. The zero-order chi connectivity index (χ0) is 17.2. The first kappa shape index (κ1) is 18.5. The monoisotopic (exact) mass is 304 g/mol. The number of rotatable bonds is 6. The first-order chi connectivity index (χ1) is 10.2. The Morgan fingerprint density at radius 2 is 0.682 bits per heavy atom. The van der Waals surface area contributed by atoms with Gasteiger partial charge in [-0.15, -0.1) is 9.81 Å². The average molecular weight is 304 g/mol. The van der Waals surface area contributed by atoms with Crippen LogP contribution in [-0.4, -0.2) is 0 Å². The summed E-state index contributed by atoms with van der Waals surface area (Å²) >= 11 is 0. The SMILES string of the molecule is CC(C)c1c(N=O)c(C(C)C)c(C(C)C)c(N=O)c1C(C)C. The number of hydrogen-bond acceptors (Lipinski definition) is 4. The van der Waals surface area contributed by atoms with Gasteiger partial charge in [0, 0.05) is 0 Å². The van der Waals surface area contributed by atoms with E-state index in [1.807, 2.05) is 55.4 Å². The fraction of sp³-hybridized carbons (Fsp3) is 0.667. The van der Waals surface area contributed by atoms with Crippen molar-refractivity contribution in [1.29, 1.82) is 0 Å². The predicted octanol–water partition coefficient (Wildman–Crippen LogP) is 6.98. The Labute approximate surface area is 133 Å². The van der Waals surface area contributed by atoms with Gasteiger partial charge in [-0.2, -0.15) is 0 Å². The van der Waals surface area contributed by atoms with Gasteiger partial charge in [-0.05, 0) is 56.3 Å². The molecule has 0 bridgehead atoms. The van der Waals surface area contributed by atoms with Gasteiger partial charge in [-0.25, -0.2) is 0 Å². The Morgan fingerprint density at radius 3 is 0.773 bits per heavy atom. The van der Waals surface area contributed by atoms with E-state index in [9.17, 15) is 9.81 Å². The van der Waals surface area contributed by atoms with Gasteiger partial charge in [0.25, 0.3) is 0 Å². The zero-order valence-electron chi connectivity index (χ0n) is 15.0. The van der Waals surface area contributed by atoms with Crippen molar-refractivity contribution in [1.82, 2.24) is 0 Å². The highest BCUT2D eigenvalue weighted by atomic mass is 16.3. The molecule has 0 aliphatic rings. The van der Waals surface area contributed by atoms with Crippen molar-refractivity contribution in [3.8, 4) is 0 Å². The Balaban J connectivity index is 4.14. The molecule has 0 aliphatic heterocycles. The average Bonchev–Trinajstić information content (AvgIpc) is 2.42. The molecule has 0 saturated heterocycles. The molecule has 4 heteroatoms. The zero-order valence-corrected chi connectivity index (χ0v) is 15.0. The highest BCUT2D eigenvalue weighted by Gasteiger charge is 2.30. The molecule has 1 rings (SSSR count). The van der Waals surface area contributed by atoms with Crippen molar-refractivity contribution in [3.63, 3.8) is 0 Å². The van der Waals surface area contributed by atoms with Crippen molar-refractivity contribution >= 4 is 11.4 Å². The molecular formula is C18H28N2O2. The molecule has 0 heterocycles. The van der Waals surface area contributed by atoms with Crippen LogP contribution in [-0.2, 0) is 0 Å². The van der Waals surface area contributed by atoms with Crippen LogP contribution in [0.1, 0.15) is 101 Å². The van der Waals surface area contributed by atoms with Crippen LogP contribution in [0, 0.1) is 9.81 Å². The third-order valence-electron chi connectivity index (χ3n) is 4.09. The standard InChI is InChI=1S/C18H28N2O2/c1-9(2)13-14(10(3)4)18(20-22)16(12(7)8)15(11(5)6)17(13)19-21/h9-12H,1-8H3. The highest BCUT2D eigenvalue weighted by Crippen LogP contribution is 2.49. The van der Waals surface area contributed by atoms with Gasteiger partial charge in [-0.3, -0.25) is 0 Å². The van der Waals surface area contributed by atoms with Crippen molar-refractivity contribution < 1.29 is 0 Å². The summed E-state index contributed by atoms with van der Waals surface area (Å²) in [4.78, 5) is 23.3. The van der Waals surface area contributed by atoms with Gasteiger partial charge >= 0.3 is 0 Å². The van der Waals surface area contributed by atoms with Crippen LogP contribution >= 0.6 is 0 Å². The minimum Gasteiger partial charge on any atom is -0.145 e. The van der Waals surface area contributed by atoms with Crippen LogP contribution in [0.4, 0.5) is 11.4 Å². The minimum atomic E-state index is 0.115. The molecule has 0 radical (unpaired) electrons. The maximum Gasteiger partial charge on any atom is 0.115 e. The summed E-state index contributed by atoms with van der Waals surface area (Å²) in [6, 6.07) is 0. The van der Waals surface area contributed by atoms with Crippen molar-refractivity contribution in [3.05, 3.63) is 32.1 Å². The summed E-state index contributed by atoms with van der Waals surface area (Å²) in [6.45, 7) is 16.3. The molecule has 122 valence electrons. The van der Waals surface area contributed by atoms with Crippen LogP contribution < -0.4 is 0 Å². The second kappa shape index (κ2) is 7.12. The lowest BCUT2D eigenvalue weighted by molar-refractivity contribution is 0.749. The summed E-state index contributed by atoms with van der Waals surface area (Å²) in [5.41, 5.74) is 4.57. The molecule has 0 unspecified atom stereocenters. The third kappa shape index (κ3) is 3.11. The molecule has 1 aromatic carbocycles. The number of nitrogens with zero attached hydrogens (tertiary/aromatic N) is 2. The highest BCUT2D eigenvalue weighted by molar-refractivity contribution is 5.73. The van der Waals surface area contributed by atoms with E-state index in [1.54, 1.807) is 0 Å². The van der Waals surface area contributed by atoms with Crippen LogP contribution in [0.25, 0.3) is 0 Å². The molecule has 0 fully saturated rings. The normalized spacial score (nSPS) is 11.8. The van der Waals surface area contributed by atoms with E-state index in [2.05, 4.69) is 10.4 Å². The molecule has 0 atom stereocenters. The number of hydrogen-bond donors (Lipinski definition) is 0. The Kier molecular flexibility index (Phi) is 5.98. The van der Waals surface area contributed by atoms with Gasteiger partial charge in [0.05, 0.1) is 0 Å². The molecule has 1 aromatic rings. The van der Waals surface area contributed by atoms with E-state index in [0.717, 1.165) is 22.3 Å². The minimum absolute atomic E-state index is 0.115. The Morgan fingerprint density at radius 1 is 0.500 bits per heavy atom. The summed E-state index contributed by atoms with van der Waals surface area (Å²) in [5, 5.41) is 6.76. The second-order valence-electron chi connectivity index (χ2n) is 7.15. The third-order valence-corrected chi connectivity index (χ3v) is 4.09. The topological polar surface area (TPSA) is 58.9 Å². The molecule has 0 aliphatic carbocycles. The van der Waals surface area contributed by atoms with E-state index in [1.165, 1.54) is 0 Å². The van der Waals surface area contributed by atoms with Gasteiger partial charge in [-0.1, -0.05) is 55.4 Å². The molecule has 0 N–H and O–H groups in total. The smallest absolute Gasteiger partial charge is 0.115 e. The Bertz CT molecular complexity index is 481. The summed E-state index contributed by atoms with van der Waals surface area (Å²) in [6.07, 6.45) is 0. The molecule has 0 amide bonds. The molecule has 0 saturated carbocycles. The molecule has 0 spiro atoms. The van der Waals surface area contributed by atoms with Crippen LogP contribution in [0.2, 0.25) is 0 Å². The maximum atomic E-state index is 11.6. The molecule has 22 heavy (non-hydrogen) atoms. The van der Waals surface area contributed by atoms with E-state index in [4.69, 9.17) is 0 Å². The van der Waals surface area contributed by atoms with Gasteiger partial charge < -0.3 is 0 Å². The Hall–Kier alpha value is -1.58. The summed E-state index contributed by atoms with van der Waals surface area (Å²) in [7, 11) is 0. The van der Waals surface area contributed by atoms with E-state index in [-0.39, 0.29) is 23.7 Å².